The van der Waals surface area contributed by atoms with Crippen LogP contribution < -0.4 is 19.1 Å². The number of aromatic nitrogens is 2. The average Bonchev–Trinajstić information content (AvgIpc) is 3.43. The predicted octanol–water partition coefficient (Wildman–Crippen LogP) is 5.92. The Balaban J connectivity index is 1.70. The maximum Gasteiger partial charge on any atom is 0.269 e. The SMILES string of the molecule is COc1ccc(CN(c2nccs2)S(=O)(=O)c2cc(Cl)c(NC(C)c3cccnc3)cc2F)c(OC)c1. The molecule has 1 unspecified atom stereocenters. The number of nitrogens with zero attached hydrogens (tertiary/aromatic N) is 3. The van der Waals surface area contributed by atoms with Crippen LogP contribution in [0.2, 0.25) is 5.02 Å². The van der Waals surface area contributed by atoms with Gasteiger partial charge in [-0.25, -0.2) is 22.1 Å². The highest BCUT2D eigenvalue weighted by Gasteiger charge is 2.32. The molecule has 4 rings (SSSR count). The molecule has 0 spiro atoms. The number of anilines is 2. The van der Waals surface area contributed by atoms with Crippen molar-refractivity contribution in [3.63, 3.8) is 0 Å². The third-order valence-electron chi connectivity index (χ3n) is 5.59. The second-order valence-corrected chi connectivity index (χ2v) is 11.0. The summed E-state index contributed by atoms with van der Waals surface area (Å²) in [6.07, 6.45) is 4.81. The topological polar surface area (TPSA) is 93.7 Å². The Bertz CT molecular complexity index is 1470. The van der Waals surface area contributed by atoms with Crippen molar-refractivity contribution in [2.75, 3.05) is 23.8 Å². The fourth-order valence-electron chi connectivity index (χ4n) is 3.64. The third kappa shape index (κ3) is 5.79. The molecular formula is C25H24ClFN4O4S2. The van der Waals surface area contributed by atoms with E-state index in [0.29, 0.717) is 17.1 Å². The molecule has 12 heteroatoms. The highest BCUT2D eigenvalue weighted by Crippen LogP contribution is 2.36. The summed E-state index contributed by atoms with van der Waals surface area (Å²) in [5, 5.41) is 4.97. The average molecular weight is 563 g/mol. The molecule has 0 radical (unpaired) electrons. The van der Waals surface area contributed by atoms with E-state index in [9.17, 15) is 8.42 Å². The summed E-state index contributed by atoms with van der Waals surface area (Å²) in [6, 6.07) is 10.6. The highest BCUT2D eigenvalue weighted by atomic mass is 35.5. The van der Waals surface area contributed by atoms with E-state index >= 15 is 4.39 Å². The number of pyridine rings is 1. The first-order valence-electron chi connectivity index (χ1n) is 11.0. The van der Waals surface area contributed by atoms with Crippen molar-refractivity contribution >= 4 is 43.8 Å². The third-order valence-corrected chi connectivity index (χ3v) is 8.56. The minimum absolute atomic E-state index is 0.0526. The van der Waals surface area contributed by atoms with Gasteiger partial charge in [0.1, 0.15) is 22.2 Å². The fourth-order valence-corrected chi connectivity index (χ4v) is 6.26. The molecule has 0 aliphatic heterocycles. The molecule has 2 aromatic heterocycles. The van der Waals surface area contributed by atoms with Gasteiger partial charge < -0.3 is 14.8 Å². The molecule has 4 aromatic rings. The standard InChI is InChI=1S/C25H24ClFN4O4S2/c1-16(17-5-4-8-28-14-17)30-22-13-21(27)24(12-20(22)26)37(32,33)31(25-29-9-10-36-25)15-18-6-7-19(34-2)11-23(18)35-3/h4-14,16,30H,15H2,1-3H3. The van der Waals surface area contributed by atoms with Crippen molar-refractivity contribution in [2.24, 2.45) is 0 Å². The summed E-state index contributed by atoms with van der Waals surface area (Å²) in [6.45, 7) is 1.71. The Hall–Kier alpha value is -3.41. The van der Waals surface area contributed by atoms with Gasteiger partial charge in [0, 0.05) is 35.6 Å². The molecule has 194 valence electrons. The highest BCUT2D eigenvalue weighted by molar-refractivity contribution is 7.93. The molecule has 8 nitrogen and oxygen atoms in total. The van der Waals surface area contributed by atoms with Crippen LogP contribution in [0.15, 0.2) is 71.3 Å². The lowest BCUT2D eigenvalue weighted by Gasteiger charge is -2.24. The van der Waals surface area contributed by atoms with E-state index in [-0.39, 0.29) is 28.4 Å². The van der Waals surface area contributed by atoms with E-state index in [0.717, 1.165) is 33.3 Å². The van der Waals surface area contributed by atoms with Crippen molar-refractivity contribution in [3.05, 3.63) is 88.4 Å². The van der Waals surface area contributed by atoms with Gasteiger partial charge in [0.05, 0.1) is 37.5 Å². The van der Waals surface area contributed by atoms with Crippen molar-refractivity contribution in [3.8, 4) is 11.5 Å². The molecule has 1 atom stereocenters. The van der Waals surface area contributed by atoms with E-state index in [1.807, 2.05) is 13.0 Å². The van der Waals surface area contributed by atoms with Crippen LogP contribution in [-0.4, -0.2) is 32.6 Å². The van der Waals surface area contributed by atoms with Gasteiger partial charge in [-0.3, -0.25) is 4.98 Å². The number of rotatable bonds is 10. The molecule has 0 bridgehead atoms. The Labute approximate surface area is 223 Å². The lowest BCUT2D eigenvalue weighted by molar-refractivity contribution is 0.391. The number of hydrogen-bond donors (Lipinski definition) is 1. The fraction of sp³-hybridized carbons (Fsp3) is 0.200. The van der Waals surface area contributed by atoms with E-state index in [2.05, 4.69) is 15.3 Å². The van der Waals surface area contributed by atoms with Gasteiger partial charge in [0.2, 0.25) is 0 Å². The van der Waals surface area contributed by atoms with Crippen molar-refractivity contribution in [1.82, 2.24) is 9.97 Å². The number of sulfonamides is 1. The Morgan fingerprint density at radius 3 is 2.62 bits per heavy atom. The van der Waals surface area contributed by atoms with Crippen LogP contribution in [0, 0.1) is 5.82 Å². The van der Waals surface area contributed by atoms with Crippen molar-refractivity contribution < 1.29 is 22.3 Å². The molecule has 0 saturated heterocycles. The molecule has 1 N–H and O–H groups in total. The van der Waals surface area contributed by atoms with Crippen LogP contribution in [0.4, 0.5) is 15.2 Å². The summed E-state index contributed by atoms with van der Waals surface area (Å²) in [5.41, 5.74) is 1.66. The number of ether oxygens (including phenoxy) is 2. The van der Waals surface area contributed by atoms with Gasteiger partial charge in [0.25, 0.3) is 10.0 Å². The Morgan fingerprint density at radius 1 is 1.16 bits per heavy atom. The summed E-state index contributed by atoms with van der Waals surface area (Å²) < 4.78 is 54.6. The lowest BCUT2D eigenvalue weighted by Crippen LogP contribution is -2.31. The summed E-state index contributed by atoms with van der Waals surface area (Å²) >= 11 is 7.54. The van der Waals surface area contributed by atoms with E-state index in [1.54, 1.807) is 42.0 Å². The minimum atomic E-state index is -4.42. The summed E-state index contributed by atoms with van der Waals surface area (Å²) in [5.74, 6) is 0.0118. The van der Waals surface area contributed by atoms with E-state index < -0.39 is 20.7 Å². The second-order valence-electron chi connectivity index (χ2n) is 7.92. The smallest absolute Gasteiger partial charge is 0.269 e. The number of thiazole rings is 1. The van der Waals surface area contributed by atoms with Crippen LogP contribution in [-0.2, 0) is 16.6 Å². The van der Waals surface area contributed by atoms with Crippen molar-refractivity contribution in [1.29, 1.82) is 0 Å². The first-order valence-corrected chi connectivity index (χ1v) is 13.7. The van der Waals surface area contributed by atoms with Gasteiger partial charge in [-0.1, -0.05) is 17.7 Å². The zero-order valence-corrected chi connectivity index (χ0v) is 22.6. The molecular weight excluding hydrogens is 539 g/mol. The summed E-state index contributed by atoms with van der Waals surface area (Å²) in [4.78, 5) is 7.67. The molecule has 0 aliphatic rings. The van der Waals surface area contributed by atoms with Gasteiger partial charge in [-0.2, -0.15) is 0 Å². The Morgan fingerprint density at radius 2 is 1.97 bits per heavy atom. The minimum Gasteiger partial charge on any atom is -0.497 e. The zero-order valence-electron chi connectivity index (χ0n) is 20.2. The molecule has 0 aliphatic carbocycles. The number of nitrogens with one attached hydrogen (secondary N) is 1. The molecule has 0 amide bonds. The maximum atomic E-state index is 15.4. The molecule has 0 fully saturated rings. The first-order chi connectivity index (χ1) is 17.7. The number of halogens is 2. The quantitative estimate of drug-likeness (QED) is 0.256. The largest absolute Gasteiger partial charge is 0.497 e. The Kier molecular flexibility index (Phi) is 8.16. The van der Waals surface area contributed by atoms with Crippen LogP contribution in [0.1, 0.15) is 24.1 Å². The van der Waals surface area contributed by atoms with Gasteiger partial charge in [-0.15, -0.1) is 11.3 Å². The number of benzene rings is 2. The maximum absolute atomic E-state index is 15.4. The van der Waals surface area contributed by atoms with E-state index in [1.165, 1.54) is 20.4 Å². The van der Waals surface area contributed by atoms with Crippen molar-refractivity contribution in [2.45, 2.75) is 24.4 Å². The van der Waals surface area contributed by atoms with Gasteiger partial charge in [-0.05, 0) is 42.8 Å². The van der Waals surface area contributed by atoms with Gasteiger partial charge in [0.15, 0.2) is 5.13 Å². The van der Waals surface area contributed by atoms with Crippen LogP contribution >= 0.6 is 22.9 Å². The van der Waals surface area contributed by atoms with E-state index in [4.69, 9.17) is 21.1 Å². The van der Waals surface area contributed by atoms with Crippen LogP contribution in [0.3, 0.4) is 0 Å². The van der Waals surface area contributed by atoms with Crippen LogP contribution in [0.5, 0.6) is 11.5 Å². The molecule has 2 heterocycles. The molecule has 37 heavy (non-hydrogen) atoms. The first kappa shape index (κ1) is 26.6. The number of hydrogen-bond acceptors (Lipinski definition) is 8. The second kappa shape index (κ2) is 11.3. The lowest BCUT2D eigenvalue weighted by atomic mass is 10.1. The molecule has 2 aromatic carbocycles. The summed E-state index contributed by atoms with van der Waals surface area (Å²) in [7, 11) is -1.43. The predicted molar refractivity (Wildman–Crippen MR) is 143 cm³/mol. The number of methoxy groups -OCH3 is 2. The normalized spacial score (nSPS) is 12.1. The zero-order chi connectivity index (χ0) is 26.6. The molecule has 0 saturated carbocycles. The monoisotopic (exact) mass is 562 g/mol. The van der Waals surface area contributed by atoms with Crippen LogP contribution in [0.25, 0.3) is 0 Å². The van der Waals surface area contributed by atoms with Gasteiger partial charge >= 0.3 is 0 Å².